The maximum atomic E-state index is 12.6. The Hall–Kier alpha value is -0.490. The van der Waals surface area contributed by atoms with Crippen molar-refractivity contribution in [2.75, 3.05) is 26.2 Å². The molecule has 0 unspecified atom stereocenters. The van der Waals surface area contributed by atoms with Gasteiger partial charge < -0.3 is 5.32 Å². The van der Waals surface area contributed by atoms with Crippen LogP contribution in [-0.4, -0.2) is 37.3 Å². The Morgan fingerprint density at radius 3 is 2.48 bits per heavy atom. The van der Waals surface area contributed by atoms with Crippen molar-refractivity contribution in [1.29, 1.82) is 0 Å². The fourth-order valence-electron chi connectivity index (χ4n) is 2.60. The van der Waals surface area contributed by atoms with Crippen molar-refractivity contribution in [3.63, 3.8) is 0 Å². The molecule has 7 heteroatoms. The van der Waals surface area contributed by atoms with Crippen LogP contribution in [0.1, 0.15) is 24.4 Å². The van der Waals surface area contributed by atoms with Crippen LogP contribution in [0, 0.1) is 0 Å². The second-order valence-corrected chi connectivity index (χ2v) is 5.97. The summed E-state index contributed by atoms with van der Waals surface area (Å²) in [5.41, 5.74) is 0.676. The van der Waals surface area contributed by atoms with Crippen molar-refractivity contribution in [2.45, 2.75) is 25.1 Å². The average Bonchev–Trinajstić information content (AvgIpc) is 2.43. The second kappa shape index (κ2) is 7.18. The molecular formula is C14H17Cl2F3N2. The third kappa shape index (κ3) is 5.02. The smallest absolute Gasteiger partial charge is 0.314 e. The molecule has 0 amide bonds. The highest BCUT2D eigenvalue weighted by molar-refractivity contribution is 6.33. The van der Waals surface area contributed by atoms with Crippen LogP contribution in [0.5, 0.6) is 0 Å². The number of halogens is 5. The number of benzene rings is 1. The summed E-state index contributed by atoms with van der Waals surface area (Å²) >= 11 is 12.2. The molecule has 0 aromatic heterocycles. The quantitative estimate of drug-likeness (QED) is 0.879. The first kappa shape index (κ1) is 16.9. The molecule has 2 nitrogen and oxygen atoms in total. The third-order valence-electron chi connectivity index (χ3n) is 3.61. The Labute approximate surface area is 132 Å². The Balaban J connectivity index is 2.23. The minimum atomic E-state index is -4.17. The number of rotatable bonds is 4. The van der Waals surface area contributed by atoms with Crippen molar-refractivity contribution in [3.8, 4) is 0 Å². The molecule has 21 heavy (non-hydrogen) atoms. The lowest BCUT2D eigenvalue weighted by Crippen LogP contribution is -2.45. The molecule has 0 saturated carbocycles. The molecule has 1 aromatic rings. The van der Waals surface area contributed by atoms with E-state index in [-0.39, 0.29) is 12.5 Å². The van der Waals surface area contributed by atoms with Crippen molar-refractivity contribution < 1.29 is 13.2 Å². The Morgan fingerprint density at radius 1 is 1.19 bits per heavy atom. The summed E-state index contributed by atoms with van der Waals surface area (Å²) in [5.74, 6) is 0. The van der Waals surface area contributed by atoms with Gasteiger partial charge in [0.15, 0.2) is 0 Å². The first-order valence-electron chi connectivity index (χ1n) is 6.83. The molecular weight excluding hydrogens is 324 g/mol. The summed E-state index contributed by atoms with van der Waals surface area (Å²) in [4.78, 5) is 2.04. The molecule has 1 heterocycles. The lowest BCUT2D eigenvalue weighted by atomic mass is 9.99. The van der Waals surface area contributed by atoms with E-state index in [1.165, 1.54) is 0 Å². The van der Waals surface area contributed by atoms with E-state index in [0.717, 1.165) is 13.1 Å². The Bertz CT molecular complexity index is 474. The van der Waals surface area contributed by atoms with Crippen molar-refractivity contribution in [3.05, 3.63) is 33.8 Å². The van der Waals surface area contributed by atoms with Gasteiger partial charge in [-0.2, -0.15) is 13.2 Å². The van der Waals surface area contributed by atoms with Gasteiger partial charge in [0.2, 0.25) is 0 Å². The van der Waals surface area contributed by atoms with E-state index in [0.29, 0.717) is 28.7 Å². The molecule has 1 aromatic carbocycles. The normalized spacial score (nSPS) is 18.7. The van der Waals surface area contributed by atoms with E-state index in [1.54, 1.807) is 18.2 Å². The zero-order chi connectivity index (χ0) is 15.5. The first-order valence-corrected chi connectivity index (χ1v) is 7.59. The Morgan fingerprint density at radius 2 is 1.86 bits per heavy atom. The van der Waals surface area contributed by atoms with E-state index >= 15 is 0 Å². The van der Waals surface area contributed by atoms with E-state index in [1.807, 2.05) is 4.90 Å². The molecule has 1 aliphatic heterocycles. The van der Waals surface area contributed by atoms with Gasteiger partial charge in [0.25, 0.3) is 0 Å². The number of nitrogens with one attached hydrogen (secondary N) is 1. The van der Waals surface area contributed by atoms with Crippen LogP contribution in [0.3, 0.4) is 0 Å². The standard InChI is InChI=1S/C14H17Cl2F3N2/c15-10-1-2-12(16)11(9-10)13(3-4-14(17,18)19)21-7-5-20-6-8-21/h1-2,9,13,20H,3-8H2/t13-/m0/s1. The van der Waals surface area contributed by atoms with E-state index in [9.17, 15) is 13.2 Å². The molecule has 0 aliphatic carbocycles. The second-order valence-electron chi connectivity index (χ2n) is 5.12. The van der Waals surface area contributed by atoms with Crippen molar-refractivity contribution in [2.24, 2.45) is 0 Å². The van der Waals surface area contributed by atoms with Gasteiger partial charge in [-0.25, -0.2) is 0 Å². The molecule has 1 atom stereocenters. The predicted molar refractivity (Wildman–Crippen MR) is 78.9 cm³/mol. The molecule has 118 valence electrons. The minimum absolute atomic E-state index is 0.0104. The zero-order valence-electron chi connectivity index (χ0n) is 11.4. The number of hydrogen-bond acceptors (Lipinski definition) is 2. The van der Waals surface area contributed by atoms with Crippen molar-refractivity contribution in [1.82, 2.24) is 10.2 Å². The first-order chi connectivity index (χ1) is 9.87. The van der Waals surface area contributed by atoms with Gasteiger partial charge >= 0.3 is 6.18 Å². The summed E-state index contributed by atoms with van der Waals surface area (Å²) in [7, 11) is 0. The zero-order valence-corrected chi connectivity index (χ0v) is 12.9. The van der Waals surface area contributed by atoms with E-state index in [4.69, 9.17) is 23.2 Å². The molecule has 2 rings (SSSR count). The number of nitrogens with zero attached hydrogens (tertiary/aromatic N) is 1. The molecule has 1 N–H and O–H groups in total. The SMILES string of the molecule is FC(F)(F)CC[C@@H](c1cc(Cl)ccc1Cl)N1CCNCC1. The van der Waals surface area contributed by atoms with Gasteiger partial charge in [0, 0.05) is 48.7 Å². The van der Waals surface area contributed by atoms with Crippen LogP contribution in [0.2, 0.25) is 10.0 Å². The fraction of sp³-hybridized carbons (Fsp3) is 0.571. The summed E-state index contributed by atoms with van der Waals surface area (Å²) < 4.78 is 37.8. The highest BCUT2D eigenvalue weighted by atomic mass is 35.5. The highest BCUT2D eigenvalue weighted by Crippen LogP contribution is 2.36. The Kier molecular flexibility index (Phi) is 5.77. The number of piperazine rings is 1. The predicted octanol–water partition coefficient (Wildman–Crippen LogP) is 4.28. The van der Waals surface area contributed by atoms with Gasteiger partial charge in [-0.15, -0.1) is 0 Å². The van der Waals surface area contributed by atoms with E-state index in [2.05, 4.69) is 5.32 Å². The average molecular weight is 341 g/mol. The lowest BCUT2D eigenvalue weighted by Gasteiger charge is -2.36. The van der Waals surface area contributed by atoms with Crippen LogP contribution in [0.25, 0.3) is 0 Å². The monoisotopic (exact) mass is 340 g/mol. The minimum Gasteiger partial charge on any atom is -0.314 e. The summed E-state index contributed by atoms with van der Waals surface area (Å²) in [6.07, 6.45) is -5.01. The summed E-state index contributed by atoms with van der Waals surface area (Å²) in [6, 6.07) is 4.60. The third-order valence-corrected chi connectivity index (χ3v) is 4.19. The molecule has 0 bridgehead atoms. The molecule has 0 radical (unpaired) electrons. The molecule has 0 spiro atoms. The van der Waals surface area contributed by atoms with Gasteiger partial charge in [0.05, 0.1) is 0 Å². The van der Waals surface area contributed by atoms with Gasteiger partial charge in [-0.05, 0) is 30.2 Å². The topological polar surface area (TPSA) is 15.3 Å². The van der Waals surface area contributed by atoms with Crippen LogP contribution < -0.4 is 5.32 Å². The molecule has 1 saturated heterocycles. The largest absolute Gasteiger partial charge is 0.389 e. The number of hydrogen-bond donors (Lipinski definition) is 1. The highest BCUT2D eigenvalue weighted by Gasteiger charge is 2.32. The maximum Gasteiger partial charge on any atom is 0.389 e. The van der Waals surface area contributed by atoms with Gasteiger partial charge in [-0.3, -0.25) is 4.90 Å². The maximum absolute atomic E-state index is 12.6. The van der Waals surface area contributed by atoms with Gasteiger partial charge in [0.1, 0.15) is 0 Å². The van der Waals surface area contributed by atoms with Crippen molar-refractivity contribution >= 4 is 23.2 Å². The molecule has 1 aliphatic rings. The van der Waals surface area contributed by atoms with E-state index < -0.39 is 12.6 Å². The lowest BCUT2D eigenvalue weighted by molar-refractivity contribution is -0.138. The van der Waals surface area contributed by atoms with Crippen LogP contribution >= 0.6 is 23.2 Å². The number of alkyl halides is 3. The fourth-order valence-corrected chi connectivity index (χ4v) is 3.02. The summed E-state index contributed by atoms with van der Waals surface area (Å²) in [5, 5.41) is 4.15. The van der Waals surface area contributed by atoms with Gasteiger partial charge in [-0.1, -0.05) is 23.2 Å². The van der Waals surface area contributed by atoms with Crippen LogP contribution in [0.4, 0.5) is 13.2 Å². The molecule has 1 fully saturated rings. The van der Waals surface area contributed by atoms with Crippen LogP contribution in [-0.2, 0) is 0 Å². The summed E-state index contributed by atoms with van der Waals surface area (Å²) in [6.45, 7) is 2.93. The van der Waals surface area contributed by atoms with Crippen LogP contribution in [0.15, 0.2) is 18.2 Å².